The van der Waals surface area contributed by atoms with E-state index in [1.165, 1.54) is 4.90 Å². The molecule has 2 heterocycles. The first-order chi connectivity index (χ1) is 10.6. The average molecular weight is 309 g/mol. The Balaban J connectivity index is 1.55. The summed E-state index contributed by atoms with van der Waals surface area (Å²) in [5.74, 6) is 0.348. The molecule has 0 unspecified atom stereocenters. The predicted octanol–water partition coefficient (Wildman–Crippen LogP) is -0.502. The van der Waals surface area contributed by atoms with Gasteiger partial charge in [-0.2, -0.15) is 0 Å². The van der Waals surface area contributed by atoms with Crippen molar-refractivity contribution in [3.8, 4) is 0 Å². The van der Waals surface area contributed by atoms with E-state index in [1.54, 1.807) is 0 Å². The van der Waals surface area contributed by atoms with Gasteiger partial charge < -0.3 is 20.7 Å². The fourth-order valence-corrected chi connectivity index (χ4v) is 3.35. The Morgan fingerprint density at radius 1 is 1.27 bits per heavy atom. The maximum atomic E-state index is 12.5. The lowest BCUT2D eigenvalue weighted by Gasteiger charge is -2.27. The number of urea groups is 1. The standard InChI is InChI=1S/C14H23N5O3/c15-12(18-7-9-22-10-8-18)16-5-6-19-11(20)14(17-13(19)21)3-1-2-4-14/h1-10H2,(H2,15,16)(H,17,21). The molecule has 0 atom stereocenters. The molecule has 0 aromatic carbocycles. The highest BCUT2D eigenvalue weighted by Gasteiger charge is 2.52. The van der Waals surface area contributed by atoms with Crippen molar-refractivity contribution in [2.45, 2.75) is 31.2 Å². The molecule has 8 heteroatoms. The molecule has 1 aliphatic carbocycles. The first-order valence-electron chi connectivity index (χ1n) is 7.89. The van der Waals surface area contributed by atoms with Crippen molar-refractivity contribution in [2.75, 3.05) is 39.4 Å². The first kappa shape index (κ1) is 15.1. The summed E-state index contributed by atoms with van der Waals surface area (Å²) >= 11 is 0. The summed E-state index contributed by atoms with van der Waals surface area (Å²) in [6.45, 7) is 3.34. The van der Waals surface area contributed by atoms with Gasteiger partial charge >= 0.3 is 6.03 Å². The zero-order valence-electron chi connectivity index (χ0n) is 12.7. The summed E-state index contributed by atoms with van der Waals surface area (Å²) in [6.07, 6.45) is 3.46. The molecular weight excluding hydrogens is 286 g/mol. The van der Waals surface area contributed by atoms with Crippen molar-refractivity contribution < 1.29 is 14.3 Å². The largest absolute Gasteiger partial charge is 0.378 e. The molecule has 3 fully saturated rings. The molecule has 1 spiro atoms. The van der Waals surface area contributed by atoms with Crippen molar-refractivity contribution in [1.29, 1.82) is 0 Å². The minimum Gasteiger partial charge on any atom is -0.378 e. The number of carbonyl (C=O) groups is 2. The summed E-state index contributed by atoms with van der Waals surface area (Å²) < 4.78 is 5.26. The van der Waals surface area contributed by atoms with Crippen LogP contribution in [0.2, 0.25) is 0 Å². The van der Waals surface area contributed by atoms with Gasteiger partial charge in [-0.05, 0) is 12.8 Å². The van der Waals surface area contributed by atoms with E-state index >= 15 is 0 Å². The number of aliphatic imine (C=N–C) groups is 1. The van der Waals surface area contributed by atoms with Crippen LogP contribution in [0.4, 0.5) is 4.79 Å². The Hall–Kier alpha value is -1.83. The topological polar surface area (TPSA) is 100 Å². The zero-order valence-corrected chi connectivity index (χ0v) is 12.7. The average Bonchev–Trinajstić information content (AvgIpc) is 3.09. The van der Waals surface area contributed by atoms with E-state index < -0.39 is 5.54 Å². The van der Waals surface area contributed by atoms with Gasteiger partial charge in [-0.25, -0.2) is 4.79 Å². The van der Waals surface area contributed by atoms with Crippen molar-refractivity contribution >= 4 is 17.9 Å². The van der Waals surface area contributed by atoms with Crippen molar-refractivity contribution in [1.82, 2.24) is 15.1 Å². The molecule has 0 bridgehead atoms. The van der Waals surface area contributed by atoms with Crippen molar-refractivity contribution in [2.24, 2.45) is 10.7 Å². The van der Waals surface area contributed by atoms with E-state index in [0.29, 0.717) is 25.7 Å². The lowest BCUT2D eigenvalue weighted by molar-refractivity contribution is -0.131. The van der Waals surface area contributed by atoms with Crippen LogP contribution in [0.25, 0.3) is 0 Å². The summed E-state index contributed by atoms with van der Waals surface area (Å²) in [6, 6.07) is -0.299. The van der Waals surface area contributed by atoms with Crippen molar-refractivity contribution in [3.63, 3.8) is 0 Å². The highest BCUT2D eigenvalue weighted by Crippen LogP contribution is 2.34. The number of nitrogens with two attached hydrogens (primary N) is 1. The summed E-state index contributed by atoms with van der Waals surface area (Å²) in [7, 11) is 0. The second-order valence-corrected chi connectivity index (χ2v) is 6.02. The van der Waals surface area contributed by atoms with Gasteiger partial charge in [0.25, 0.3) is 5.91 Å². The highest BCUT2D eigenvalue weighted by atomic mass is 16.5. The first-order valence-corrected chi connectivity index (χ1v) is 7.89. The minimum absolute atomic E-state index is 0.102. The molecular formula is C14H23N5O3. The Kier molecular flexibility index (Phi) is 4.19. The minimum atomic E-state index is -0.642. The zero-order chi connectivity index (χ0) is 15.6. The summed E-state index contributed by atoms with van der Waals surface area (Å²) in [5.41, 5.74) is 5.29. The van der Waals surface area contributed by atoms with Gasteiger partial charge in [-0.3, -0.25) is 14.7 Å². The maximum Gasteiger partial charge on any atom is 0.325 e. The number of hydrogen-bond donors (Lipinski definition) is 2. The SMILES string of the molecule is NC(=NCCN1C(=O)NC2(CCCC2)C1=O)N1CCOCC1. The van der Waals surface area contributed by atoms with E-state index in [0.717, 1.165) is 38.8 Å². The van der Waals surface area contributed by atoms with Gasteiger partial charge in [0.05, 0.1) is 26.3 Å². The normalized spacial score (nSPS) is 25.2. The van der Waals surface area contributed by atoms with Crippen molar-refractivity contribution in [3.05, 3.63) is 0 Å². The summed E-state index contributed by atoms with van der Waals surface area (Å²) in [4.78, 5) is 32.0. The van der Waals surface area contributed by atoms with E-state index in [9.17, 15) is 9.59 Å². The molecule has 0 aromatic heterocycles. The number of morpholine rings is 1. The fourth-order valence-electron chi connectivity index (χ4n) is 3.35. The van der Waals surface area contributed by atoms with Gasteiger partial charge in [0.1, 0.15) is 5.54 Å². The number of guanidine groups is 1. The third kappa shape index (κ3) is 2.75. The molecule has 3 rings (SSSR count). The fraction of sp³-hybridized carbons (Fsp3) is 0.786. The third-order valence-electron chi connectivity index (χ3n) is 4.64. The summed E-state index contributed by atoms with van der Waals surface area (Å²) in [5, 5.41) is 2.86. The Labute approximate surface area is 129 Å². The number of nitrogens with zero attached hydrogens (tertiary/aromatic N) is 3. The van der Waals surface area contributed by atoms with Gasteiger partial charge in [0.2, 0.25) is 0 Å². The van der Waals surface area contributed by atoms with Crippen LogP contribution in [0.5, 0.6) is 0 Å². The molecule has 22 heavy (non-hydrogen) atoms. The number of hydrogen-bond acceptors (Lipinski definition) is 4. The number of nitrogens with one attached hydrogen (secondary N) is 1. The number of rotatable bonds is 3. The van der Waals surface area contributed by atoms with E-state index in [1.807, 2.05) is 4.90 Å². The quantitative estimate of drug-likeness (QED) is 0.416. The number of imide groups is 1. The molecule has 0 radical (unpaired) electrons. The molecule has 2 aliphatic heterocycles. The molecule has 3 amide bonds. The van der Waals surface area contributed by atoms with E-state index in [-0.39, 0.29) is 18.5 Å². The number of amides is 3. The van der Waals surface area contributed by atoms with E-state index in [2.05, 4.69) is 10.3 Å². The molecule has 3 N–H and O–H groups in total. The number of ether oxygens (including phenoxy) is 1. The Bertz CT molecular complexity index is 481. The van der Waals surface area contributed by atoms with Gasteiger partial charge in [0.15, 0.2) is 5.96 Å². The van der Waals surface area contributed by atoms with Crippen LogP contribution < -0.4 is 11.1 Å². The molecule has 0 aromatic rings. The Morgan fingerprint density at radius 3 is 2.64 bits per heavy atom. The monoisotopic (exact) mass is 309 g/mol. The van der Waals surface area contributed by atoms with Crippen LogP contribution in [-0.4, -0.2) is 72.6 Å². The number of carbonyl (C=O) groups excluding carboxylic acids is 2. The second-order valence-electron chi connectivity index (χ2n) is 6.02. The molecule has 122 valence electrons. The molecule has 2 saturated heterocycles. The smallest absolute Gasteiger partial charge is 0.325 e. The van der Waals surface area contributed by atoms with Crippen LogP contribution in [0.3, 0.4) is 0 Å². The van der Waals surface area contributed by atoms with Crippen LogP contribution in [0.1, 0.15) is 25.7 Å². The van der Waals surface area contributed by atoms with Crippen LogP contribution in [0, 0.1) is 0 Å². The van der Waals surface area contributed by atoms with Gasteiger partial charge in [-0.1, -0.05) is 12.8 Å². The van der Waals surface area contributed by atoms with Crippen LogP contribution >= 0.6 is 0 Å². The van der Waals surface area contributed by atoms with Gasteiger partial charge in [-0.15, -0.1) is 0 Å². The molecule has 1 saturated carbocycles. The van der Waals surface area contributed by atoms with E-state index in [4.69, 9.17) is 10.5 Å². The molecule has 3 aliphatic rings. The lowest BCUT2D eigenvalue weighted by Crippen LogP contribution is -2.45. The predicted molar refractivity (Wildman–Crippen MR) is 80.3 cm³/mol. The van der Waals surface area contributed by atoms with Crippen LogP contribution in [-0.2, 0) is 9.53 Å². The highest BCUT2D eigenvalue weighted by molar-refractivity contribution is 6.07. The molecule has 8 nitrogen and oxygen atoms in total. The lowest BCUT2D eigenvalue weighted by atomic mass is 9.98. The maximum absolute atomic E-state index is 12.5. The van der Waals surface area contributed by atoms with Gasteiger partial charge in [0, 0.05) is 13.1 Å². The Morgan fingerprint density at radius 2 is 1.95 bits per heavy atom. The van der Waals surface area contributed by atoms with Crippen LogP contribution in [0.15, 0.2) is 4.99 Å². The third-order valence-corrected chi connectivity index (χ3v) is 4.64. The second kappa shape index (κ2) is 6.12.